The van der Waals surface area contributed by atoms with Gasteiger partial charge in [-0.1, -0.05) is 25.4 Å². The Morgan fingerprint density at radius 3 is 2.57 bits per heavy atom. The summed E-state index contributed by atoms with van der Waals surface area (Å²) in [5, 5.41) is 7.48. The van der Waals surface area contributed by atoms with Crippen LogP contribution in [0.4, 0.5) is 5.82 Å². The van der Waals surface area contributed by atoms with Crippen LogP contribution in [0.3, 0.4) is 0 Å². The molecule has 0 aromatic carbocycles. The summed E-state index contributed by atoms with van der Waals surface area (Å²) in [5.74, 6) is 1.08. The number of hydrogen-bond acceptors (Lipinski definition) is 5. The normalized spacial score (nSPS) is 15.3. The third-order valence-electron chi connectivity index (χ3n) is 3.95. The zero-order chi connectivity index (χ0) is 16.4. The summed E-state index contributed by atoms with van der Waals surface area (Å²) in [7, 11) is 0. The molecule has 2 aromatic heterocycles. The zero-order valence-electron chi connectivity index (χ0n) is 13.2. The van der Waals surface area contributed by atoms with Crippen LogP contribution in [0, 0.1) is 0 Å². The molecule has 1 saturated heterocycles. The summed E-state index contributed by atoms with van der Waals surface area (Å²) >= 11 is 5.90. The predicted octanol–water partition coefficient (Wildman–Crippen LogP) is 1.94. The van der Waals surface area contributed by atoms with Gasteiger partial charge in [0.25, 0.3) is 5.91 Å². The molecule has 0 unspecified atom stereocenters. The maximum absolute atomic E-state index is 12.5. The number of aromatic amines is 1. The van der Waals surface area contributed by atoms with Gasteiger partial charge in [0.05, 0.1) is 0 Å². The van der Waals surface area contributed by atoms with Crippen LogP contribution in [-0.4, -0.2) is 57.2 Å². The van der Waals surface area contributed by atoms with Crippen molar-refractivity contribution in [3.05, 3.63) is 35.0 Å². The van der Waals surface area contributed by atoms with E-state index in [9.17, 15) is 4.79 Å². The van der Waals surface area contributed by atoms with Crippen LogP contribution in [0.5, 0.6) is 0 Å². The van der Waals surface area contributed by atoms with Crippen LogP contribution in [0.15, 0.2) is 18.5 Å². The van der Waals surface area contributed by atoms with Crippen LogP contribution < -0.4 is 4.90 Å². The number of anilines is 1. The van der Waals surface area contributed by atoms with Crippen LogP contribution in [0.25, 0.3) is 0 Å². The standard InChI is InChI=1S/C15H19ClN6O/c1-10(2)11-7-12(20-19-11)15(23)22-5-3-21(4-6-22)14-8-13(16)17-9-18-14/h7-10H,3-6H2,1-2H3,(H,19,20). The van der Waals surface area contributed by atoms with E-state index in [1.54, 1.807) is 6.07 Å². The molecular formula is C15H19ClN6O. The lowest BCUT2D eigenvalue weighted by atomic mass is 10.1. The van der Waals surface area contributed by atoms with E-state index in [4.69, 9.17) is 11.6 Å². The van der Waals surface area contributed by atoms with E-state index in [-0.39, 0.29) is 5.91 Å². The monoisotopic (exact) mass is 334 g/mol. The largest absolute Gasteiger partial charge is 0.353 e. The van der Waals surface area contributed by atoms with Gasteiger partial charge in [0.15, 0.2) is 0 Å². The maximum atomic E-state index is 12.5. The van der Waals surface area contributed by atoms with E-state index in [2.05, 4.69) is 38.9 Å². The summed E-state index contributed by atoms with van der Waals surface area (Å²) < 4.78 is 0. The Hall–Kier alpha value is -2.15. The highest BCUT2D eigenvalue weighted by Crippen LogP contribution is 2.18. The average molecular weight is 335 g/mol. The number of rotatable bonds is 3. The Bertz CT molecular complexity index is 693. The lowest BCUT2D eigenvalue weighted by Gasteiger charge is -2.35. The predicted molar refractivity (Wildman–Crippen MR) is 87.8 cm³/mol. The van der Waals surface area contributed by atoms with Gasteiger partial charge in [-0.25, -0.2) is 9.97 Å². The lowest BCUT2D eigenvalue weighted by Crippen LogP contribution is -2.49. The molecule has 7 nitrogen and oxygen atoms in total. The summed E-state index contributed by atoms with van der Waals surface area (Å²) in [5.41, 5.74) is 1.45. The summed E-state index contributed by atoms with van der Waals surface area (Å²) in [6.45, 7) is 6.80. The third-order valence-corrected chi connectivity index (χ3v) is 4.16. The Morgan fingerprint density at radius 2 is 1.96 bits per heavy atom. The lowest BCUT2D eigenvalue weighted by molar-refractivity contribution is 0.0740. The van der Waals surface area contributed by atoms with Crippen molar-refractivity contribution < 1.29 is 4.79 Å². The van der Waals surface area contributed by atoms with Crippen molar-refractivity contribution in [1.29, 1.82) is 0 Å². The molecule has 0 radical (unpaired) electrons. The van der Waals surface area contributed by atoms with Crippen molar-refractivity contribution in [2.45, 2.75) is 19.8 Å². The molecule has 2 aromatic rings. The van der Waals surface area contributed by atoms with Gasteiger partial charge in [-0.2, -0.15) is 5.10 Å². The quantitative estimate of drug-likeness (QED) is 0.868. The molecule has 23 heavy (non-hydrogen) atoms. The second-order valence-corrected chi connectivity index (χ2v) is 6.23. The van der Waals surface area contributed by atoms with E-state index < -0.39 is 0 Å². The van der Waals surface area contributed by atoms with E-state index in [1.165, 1.54) is 6.33 Å². The smallest absolute Gasteiger partial charge is 0.274 e. The number of halogens is 1. The topological polar surface area (TPSA) is 78.0 Å². The first-order chi connectivity index (χ1) is 11.0. The molecule has 0 bridgehead atoms. The molecule has 0 saturated carbocycles. The fourth-order valence-electron chi connectivity index (χ4n) is 2.54. The van der Waals surface area contributed by atoms with Crippen molar-refractivity contribution in [2.24, 2.45) is 0 Å². The first-order valence-electron chi connectivity index (χ1n) is 7.61. The minimum absolute atomic E-state index is 0.0338. The fraction of sp³-hybridized carbons (Fsp3) is 0.467. The first kappa shape index (κ1) is 15.7. The molecule has 8 heteroatoms. The van der Waals surface area contributed by atoms with Gasteiger partial charge in [0, 0.05) is 37.9 Å². The Balaban J connectivity index is 1.63. The Labute approximate surface area is 139 Å². The molecule has 1 amide bonds. The number of nitrogens with zero attached hydrogens (tertiary/aromatic N) is 5. The average Bonchev–Trinajstić information content (AvgIpc) is 3.04. The van der Waals surface area contributed by atoms with Gasteiger partial charge >= 0.3 is 0 Å². The van der Waals surface area contributed by atoms with Crippen molar-refractivity contribution in [3.63, 3.8) is 0 Å². The van der Waals surface area contributed by atoms with Crippen molar-refractivity contribution >= 4 is 23.3 Å². The minimum atomic E-state index is -0.0338. The summed E-state index contributed by atoms with van der Waals surface area (Å²) in [4.78, 5) is 24.5. The molecule has 3 rings (SSSR count). The highest BCUT2D eigenvalue weighted by Gasteiger charge is 2.24. The number of aromatic nitrogens is 4. The molecule has 1 N–H and O–H groups in total. The summed E-state index contributed by atoms with van der Waals surface area (Å²) in [6.07, 6.45) is 1.45. The second kappa shape index (κ2) is 6.54. The second-order valence-electron chi connectivity index (χ2n) is 5.84. The van der Waals surface area contributed by atoms with E-state index in [1.807, 2.05) is 11.0 Å². The van der Waals surface area contributed by atoms with Crippen LogP contribution in [0.2, 0.25) is 5.15 Å². The molecule has 0 atom stereocenters. The highest BCUT2D eigenvalue weighted by molar-refractivity contribution is 6.29. The van der Waals surface area contributed by atoms with E-state index >= 15 is 0 Å². The van der Waals surface area contributed by atoms with E-state index in [0.717, 1.165) is 11.5 Å². The molecule has 3 heterocycles. The van der Waals surface area contributed by atoms with Crippen LogP contribution >= 0.6 is 11.6 Å². The van der Waals surface area contributed by atoms with Gasteiger partial charge in [-0.3, -0.25) is 9.89 Å². The number of carbonyl (C=O) groups is 1. The first-order valence-corrected chi connectivity index (χ1v) is 7.99. The zero-order valence-corrected chi connectivity index (χ0v) is 13.9. The van der Waals surface area contributed by atoms with Gasteiger partial charge < -0.3 is 9.80 Å². The number of H-pyrrole nitrogens is 1. The molecule has 0 aliphatic carbocycles. The third kappa shape index (κ3) is 3.44. The SMILES string of the molecule is CC(C)c1cc(C(=O)N2CCN(c3cc(Cl)ncn3)CC2)n[nH]1. The summed E-state index contributed by atoms with van der Waals surface area (Å²) in [6, 6.07) is 3.57. The molecule has 1 aliphatic heterocycles. The highest BCUT2D eigenvalue weighted by atomic mass is 35.5. The van der Waals surface area contributed by atoms with Crippen molar-refractivity contribution in [1.82, 2.24) is 25.1 Å². The van der Waals surface area contributed by atoms with Gasteiger partial charge in [-0.05, 0) is 12.0 Å². The van der Waals surface area contributed by atoms with Gasteiger partial charge in [0.2, 0.25) is 0 Å². The molecule has 1 fully saturated rings. The van der Waals surface area contributed by atoms with Crippen LogP contribution in [0.1, 0.15) is 35.9 Å². The number of amides is 1. The van der Waals surface area contributed by atoms with Gasteiger partial charge in [-0.15, -0.1) is 0 Å². The molecule has 1 aliphatic rings. The fourth-order valence-corrected chi connectivity index (χ4v) is 2.68. The van der Waals surface area contributed by atoms with E-state index in [0.29, 0.717) is 42.9 Å². The Kier molecular flexibility index (Phi) is 4.47. The number of nitrogens with one attached hydrogen (secondary N) is 1. The molecular weight excluding hydrogens is 316 g/mol. The number of hydrogen-bond donors (Lipinski definition) is 1. The molecule has 122 valence electrons. The van der Waals surface area contributed by atoms with Crippen molar-refractivity contribution in [3.8, 4) is 0 Å². The number of piperazine rings is 1. The number of carbonyl (C=O) groups excluding carboxylic acids is 1. The van der Waals surface area contributed by atoms with Crippen LogP contribution in [-0.2, 0) is 0 Å². The maximum Gasteiger partial charge on any atom is 0.274 e. The minimum Gasteiger partial charge on any atom is -0.353 e. The Morgan fingerprint density at radius 1 is 1.22 bits per heavy atom. The molecule has 0 spiro atoms. The van der Waals surface area contributed by atoms with Crippen molar-refractivity contribution in [2.75, 3.05) is 31.1 Å². The van der Waals surface area contributed by atoms with Gasteiger partial charge in [0.1, 0.15) is 23.0 Å².